The summed E-state index contributed by atoms with van der Waals surface area (Å²) in [6, 6.07) is 6.22. The molecule has 1 saturated heterocycles. The van der Waals surface area contributed by atoms with E-state index in [0.29, 0.717) is 6.61 Å². The molecule has 2 atom stereocenters. The van der Waals surface area contributed by atoms with Crippen LogP contribution < -0.4 is 4.74 Å². The number of aromatic nitrogens is 1. The second-order valence-electron chi connectivity index (χ2n) is 5.79. The van der Waals surface area contributed by atoms with E-state index in [1.807, 2.05) is 13.0 Å². The number of ether oxygens (including phenoxy) is 2. The predicted molar refractivity (Wildman–Crippen MR) is 93.4 cm³/mol. The fourth-order valence-corrected chi connectivity index (χ4v) is 4.37. The van der Waals surface area contributed by atoms with E-state index in [1.165, 1.54) is 10.2 Å². The molecule has 2 unspecified atom stereocenters. The van der Waals surface area contributed by atoms with Gasteiger partial charge in [0, 0.05) is 13.1 Å². The number of thiazole rings is 1. The number of hydrogen-bond acceptors (Lipinski definition) is 5. The third kappa shape index (κ3) is 3.35. The van der Waals surface area contributed by atoms with Gasteiger partial charge in [0.25, 0.3) is 0 Å². The van der Waals surface area contributed by atoms with Crippen LogP contribution in [0.4, 0.5) is 0 Å². The number of rotatable bonds is 4. The Morgan fingerprint density at radius 1 is 1.32 bits per heavy atom. The summed E-state index contributed by atoms with van der Waals surface area (Å²) in [5.41, 5.74) is 1.19. The smallest absolute Gasteiger partial charge is 0.163 e. The van der Waals surface area contributed by atoms with Crippen molar-refractivity contribution in [2.75, 3.05) is 19.7 Å². The lowest BCUT2D eigenvalue weighted by molar-refractivity contribution is -0.0761. The molecular weight excluding hydrogens is 316 g/mol. The molecule has 2 heterocycles. The highest BCUT2D eigenvalue weighted by atomic mass is 32.1. The van der Waals surface area contributed by atoms with Gasteiger partial charge in [-0.2, -0.15) is 0 Å². The van der Waals surface area contributed by atoms with Gasteiger partial charge in [-0.15, -0.1) is 11.3 Å². The molecule has 0 aliphatic carbocycles. The average molecular weight is 338 g/mol. The second kappa shape index (κ2) is 6.66. The molecule has 2 aromatic rings. The first kappa shape index (κ1) is 15.9. The minimum absolute atomic E-state index is 0.271. The summed E-state index contributed by atoms with van der Waals surface area (Å²) in [6.07, 6.45) is 0.541. The maximum absolute atomic E-state index is 5.81. The van der Waals surface area contributed by atoms with Crippen molar-refractivity contribution in [3.63, 3.8) is 0 Å². The zero-order valence-corrected chi connectivity index (χ0v) is 14.9. The van der Waals surface area contributed by atoms with Gasteiger partial charge in [-0.05, 0) is 51.2 Å². The fourth-order valence-electron chi connectivity index (χ4n) is 3.04. The average Bonchev–Trinajstić information content (AvgIpc) is 2.74. The summed E-state index contributed by atoms with van der Waals surface area (Å²) < 4.78 is 15.7. The van der Waals surface area contributed by atoms with Gasteiger partial charge in [0.15, 0.2) is 3.95 Å². The molecule has 22 heavy (non-hydrogen) atoms. The minimum atomic E-state index is 0.271. The molecule has 0 radical (unpaired) electrons. The first-order valence-corrected chi connectivity index (χ1v) is 8.93. The lowest BCUT2D eigenvalue weighted by Crippen LogP contribution is -2.45. The van der Waals surface area contributed by atoms with Crippen LogP contribution in [-0.4, -0.2) is 41.4 Å². The Labute approximate surface area is 140 Å². The molecule has 0 spiro atoms. The van der Waals surface area contributed by atoms with E-state index in [2.05, 4.69) is 35.4 Å². The zero-order valence-electron chi connectivity index (χ0n) is 13.2. The number of hydrogen-bond donors (Lipinski definition) is 0. The lowest BCUT2D eigenvalue weighted by atomic mass is 10.2. The molecule has 1 fully saturated rings. The van der Waals surface area contributed by atoms with Gasteiger partial charge in [-0.25, -0.2) is 0 Å². The van der Waals surface area contributed by atoms with Crippen LogP contribution in [0.1, 0.15) is 20.8 Å². The van der Waals surface area contributed by atoms with Crippen molar-refractivity contribution in [3.8, 4) is 5.75 Å². The van der Waals surface area contributed by atoms with Crippen LogP contribution in [0.25, 0.3) is 10.2 Å². The van der Waals surface area contributed by atoms with Gasteiger partial charge < -0.3 is 14.0 Å². The Balaban J connectivity index is 1.87. The van der Waals surface area contributed by atoms with E-state index < -0.39 is 0 Å². The van der Waals surface area contributed by atoms with Crippen molar-refractivity contribution in [1.82, 2.24) is 9.47 Å². The van der Waals surface area contributed by atoms with E-state index in [4.69, 9.17) is 21.7 Å². The topological polar surface area (TPSA) is 26.6 Å². The minimum Gasteiger partial charge on any atom is -0.494 e. The summed E-state index contributed by atoms with van der Waals surface area (Å²) in [5.74, 6) is 0.909. The standard InChI is InChI=1S/C16H22N2O2S2/c1-4-19-13-5-6-14-15(7-13)22-16(21)18(14)10-17-8-11(2)20-12(3)9-17/h5-7,11-12H,4,8-10H2,1-3H3. The van der Waals surface area contributed by atoms with Crippen LogP contribution in [0.15, 0.2) is 18.2 Å². The monoisotopic (exact) mass is 338 g/mol. The quantitative estimate of drug-likeness (QED) is 0.790. The molecule has 1 aromatic carbocycles. The Hall–Kier alpha value is -0.950. The number of morpholine rings is 1. The first-order valence-electron chi connectivity index (χ1n) is 7.71. The van der Waals surface area contributed by atoms with Gasteiger partial charge in [0.2, 0.25) is 0 Å². The van der Waals surface area contributed by atoms with Crippen LogP contribution >= 0.6 is 23.6 Å². The van der Waals surface area contributed by atoms with Crippen molar-refractivity contribution in [2.45, 2.75) is 39.6 Å². The van der Waals surface area contributed by atoms with Gasteiger partial charge >= 0.3 is 0 Å². The maximum atomic E-state index is 5.81. The van der Waals surface area contributed by atoms with Gasteiger partial charge in [-0.1, -0.05) is 0 Å². The molecule has 1 aliphatic heterocycles. The molecule has 1 aliphatic rings. The van der Waals surface area contributed by atoms with E-state index in [-0.39, 0.29) is 12.2 Å². The maximum Gasteiger partial charge on any atom is 0.163 e. The number of benzene rings is 1. The lowest BCUT2D eigenvalue weighted by Gasteiger charge is -2.35. The Morgan fingerprint density at radius 2 is 2.05 bits per heavy atom. The van der Waals surface area contributed by atoms with Gasteiger partial charge in [0.1, 0.15) is 5.75 Å². The van der Waals surface area contributed by atoms with Crippen molar-refractivity contribution in [1.29, 1.82) is 0 Å². The molecule has 0 bridgehead atoms. The molecule has 6 heteroatoms. The van der Waals surface area contributed by atoms with E-state index in [9.17, 15) is 0 Å². The third-order valence-corrected chi connectivity index (χ3v) is 5.20. The summed E-state index contributed by atoms with van der Waals surface area (Å²) in [7, 11) is 0. The van der Waals surface area contributed by atoms with Crippen LogP contribution in [0.5, 0.6) is 5.75 Å². The Kier molecular flexibility index (Phi) is 4.82. The normalized spacial score (nSPS) is 23.0. The highest BCUT2D eigenvalue weighted by molar-refractivity contribution is 7.73. The highest BCUT2D eigenvalue weighted by Gasteiger charge is 2.22. The van der Waals surface area contributed by atoms with Crippen LogP contribution in [0.2, 0.25) is 0 Å². The van der Waals surface area contributed by atoms with Gasteiger partial charge in [0.05, 0.1) is 35.7 Å². The molecule has 4 nitrogen and oxygen atoms in total. The van der Waals surface area contributed by atoms with Crippen molar-refractivity contribution in [2.24, 2.45) is 0 Å². The molecule has 0 amide bonds. The molecule has 120 valence electrons. The predicted octanol–water partition coefficient (Wildman–Crippen LogP) is 3.90. The highest BCUT2D eigenvalue weighted by Crippen LogP contribution is 2.28. The Morgan fingerprint density at radius 3 is 2.73 bits per heavy atom. The number of nitrogens with zero attached hydrogens (tertiary/aromatic N) is 2. The molecule has 0 N–H and O–H groups in total. The van der Waals surface area contributed by atoms with Crippen molar-refractivity contribution >= 4 is 33.8 Å². The van der Waals surface area contributed by atoms with Crippen molar-refractivity contribution < 1.29 is 9.47 Å². The number of fused-ring (bicyclic) bond motifs is 1. The third-order valence-electron chi connectivity index (χ3n) is 3.79. The Bertz CT molecular complexity index is 700. The van der Waals surface area contributed by atoms with Crippen LogP contribution in [-0.2, 0) is 11.4 Å². The fraction of sp³-hybridized carbons (Fsp3) is 0.562. The molecule has 0 saturated carbocycles. The summed E-state index contributed by atoms with van der Waals surface area (Å²) in [6.45, 7) is 9.65. The largest absolute Gasteiger partial charge is 0.494 e. The molecule has 1 aromatic heterocycles. The van der Waals surface area contributed by atoms with Gasteiger partial charge in [-0.3, -0.25) is 4.90 Å². The van der Waals surface area contributed by atoms with Crippen LogP contribution in [0.3, 0.4) is 0 Å². The zero-order chi connectivity index (χ0) is 15.7. The van der Waals surface area contributed by atoms with E-state index >= 15 is 0 Å². The van der Waals surface area contributed by atoms with E-state index in [0.717, 1.165) is 29.5 Å². The summed E-state index contributed by atoms with van der Waals surface area (Å²) in [4.78, 5) is 2.41. The first-order chi connectivity index (χ1) is 10.6. The van der Waals surface area contributed by atoms with Crippen LogP contribution in [0, 0.1) is 3.95 Å². The summed E-state index contributed by atoms with van der Waals surface area (Å²) in [5, 5.41) is 0. The van der Waals surface area contributed by atoms with E-state index in [1.54, 1.807) is 11.3 Å². The molecule has 3 rings (SSSR count). The second-order valence-corrected chi connectivity index (χ2v) is 7.47. The van der Waals surface area contributed by atoms with Crippen molar-refractivity contribution in [3.05, 3.63) is 22.2 Å². The molecular formula is C16H22N2O2S2. The SMILES string of the molecule is CCOc1ccc2c(c1)sc(=S)n2CN1CC(C)OC(C)C1. The summed E-state index contributed by atoms with van der Waals surface area (Å²) >= 11 is 7.22.